The van der Waals surface area contributed by atoms with Crippen molar-refractivity contribution in [1.82, 2.24) is 24.4 Å². The average molecular weight is 642 g/mol. The number of nitriles is 1. The predicted molar refractivity (Wildman–Crippen MR) is 162 cm³/mol. The van der Waals surface area contributed by atoms with Gasteiger partial charge in [-0.15, -0.1) is 0 Å². The molecule has 1 amide bonds. The molecule has 4 aromatic rings. The topological polar surface area (TPSA) is 124 Å². The fourth-order valence-corrected chi connectivity index (χ4v) is 7.60. The molecule has 2 N–H and O–H groups in total. The smallest absolute Gasteiger partial charge is 0.256 e. The first-order valence-corrected chi connectivity index (χ1v) is 16.2. The molecule has 1 saturated carbocycles. The highest BCUT2D eigenvalue weighted by molar-refractivity contribution is 7.88. The van der Waals surface area contributed by atoms with Crippen LogP contribution in [0.1, 0.15) is 58.7 Å². The summed E-state index contributed by atoms with van der Waals surface area (Å²) < 4.78 is 43.4. The molecular formula is C30H27Cl2FN6O3S. The summed E-state index contributed by atoms with van der Waals surface area (Å²) in [5, 5.41) is 14.5. The van der Waals surface area contributed by atoms with Gasteiger partial charge in [0.05, 0.1) is 39.8 Å². The van der Waals surface area contributed by atoms with Crippen molar-refractivity contribution in [2.24, 2.45) is 7.05 Å². The van der Waals surface area contributed by atoms with Crippen LogP contribution in [0.25, 0.3) is 22.4 Å². The third kappa shape index (κ3) is 5.33. The number of carbonyl (C=O) groups is 1. The molecule has 0 spiro atoms. The summed E-state index contributed by atoms with van der Waals surface area (Å²) in [5.41, 5.74) is 4.52. The van der Waals surface area contributed by atoms with E-state index in [4.69, 9.17) is 33.6 Å². The predicted octanol–water partition coefficient (Wildman–Crippen LogP) is 5.70. The van der Waals surface area contributed by atoms with Crippen molar-refractivity contribution in [3.8, 4) is 28.5 Å². The molecule has 1 fully saturated rings. The second-order valence-corrected chi connectivity index (χ2v) is 13.7. The van der Waals surface area contributed by atoms with E-state index in [1.54, 1.807) is 27.9 Å². The number of rotatable bonds is 6. The summed E-state index contributed by atoms with van der Waals surface area (Å²) >= 11 is 13.2. The van der Waals surface area contributed by atoms with Gasteiger partial charge in [-0.1, -0.05) is 23.2 Å². The lowest BCUT2D eigenvalue weighted by atomic mass is 9.93. The summed E-state index contributed by atoms with van der Waals surface area (Å²) in [6.07, 6.45) is 4.51. The summed E-state index contributed by atoms with van der Waals surface area (Å²) in [6.45, 7) is 2.20. The molecule has 9 nitrogen and oxygen atoms in total. The number of hydrogen-bond donors (Lipinski definition) is 2. The Morgan fingerprint density at radius 3 is 2.58 bits per heavy atom. The molecule has 0 saturated heterocycles. The Morgan fingerprint density at radius 2 is 1.93 bits per heavy atom. The number of carbonyl (C=O) groups excluding carboxylic acids is 1. The first kappa shape index (κ1) is 29.4. The third-order valence-electron chi connectivity index (χ3n) is 8.14. The molecule has 1 atom stereocenters. The molecule has 1 aliphatic carbocycles. The number of sulfonamides is 1. The molecule has 1 aliphatic heterocycles. The second kappa shape index (κ2) is 10.5. The highest BCUT2D eigenvalue weighted by Crippen LogP contribution is 2.48. The fourth-order valence-electron chi connectivity index (χ4n) is 6.04. The van der Waals surface area contributed by atoms with E-state index in [9.17, 15) is 17.6 Å². The SMILES string of the molecule is C[C@@H]1c2nn(C)c(-c3cc(Cl)cc(C4(NS(C)(=O)=O)CC4)c3)c2CCN1C(=O)c1cc(F)cc(-c2c[nH]c(C#N)c2)c1Cl. The first-order valence-electron chi connectivity index (χ1n) is 13.6. The fraction of sp³-hybridized carbons (Fsp3) is 0.300. The van der Waals surface area contributed by atoms with Crippen LogP contribution in [0.5, 0.6) is 0 Å². The molecule has 6 rings (SSSR count). The summed E-state index contributed by atoms with van der Waals surface area (Å²) in [4.78, 5) is 18.2. The van der Waals surface area contributed by atoms with Gasteiger partial charge < -0.3 is 9.88 Å². The van der Waals surface area contributed by atoms with Gasteiger partial charge in [0.1, 0.15) is 17.6 Å². The Kier molecular flexibility index (Phi) is 7.17. The maximum Gasteiger partial charge on any atom is 0.256 e. The van der Waals surface area contributed by atoms with Crippen LogP contribution in [0.15, 0.2) is 42.6 Å². The van der Waals surface area contributed by atoms with Gasteiger partial charge in [0.15, 0.2) is 0 Å². The van der Waals surface area contributed by atoms with E-state index >= 15 is 0 Å². The zero-order valence-electron chi connectivity index (χ0n) is 23.5. The Hall–Kier alpha value is -3.69. The van der Waals surface area contributed by atoms with Crippen molar-refractivity contribution in [3.63, 3.8) is 0 Å². The van der Waals surface area contributed by atoms with E-state index in [0.29, 0.717) is 47.7 Å². The molecule has 0 radical (unpaired) electrons. The van der Waals surface area contributed by atoms with E-state index in [1.807, 2.05) is 32.2 Å². The van der Waals surface area contributed by atoms with Crippen molar-refractivity contribution in [2.75, 3.05) is 12.8 Å². The maximum atomic E-state index is 14.8. The monoisotopic (exact) mass is 640 g/mol. The van der Waals surface area contributed by atoms with Gasteiger partial charge >= 0.3 is 0 Å². The molecule has 0 bridgehead atoms. The molecule has 13 heteroatoms. The highest BCUT2D eigenvalue weighted by Gasteiger charge is 2.47. The van der Waals surface area contributed by atoms with Gasteiger partial charge in [0, 0.05) is 47.1 Å². The maximum absolute atomic E-state index is 14.8. The standard InChI is InChI=1S/C30H27Cl2FN6O3S/c1-16-27-23(28(38(2)36-27)17-8-19(11-20(31)9-17)30(5-6-30)37-43(3,41)42)4-7-39(16)29(40)25-13-21(33)12-24(26(25)32)18-10-22(14-34)35-15-18/h8-13,15-16,35,37H,4-7H2,1-3H3/t16-/m1/s1. The van der Waals surface area contributed by atoms with E-state index in [0.717, 1.165) is 34.7 Å². The van der Waals surface area contributed by atoms with Crippen LogP contribution in [0, 0.1) is 17.1 Å². The summed E-state index contributed by atoms with van der Waals surface area (Å²) in [5.74, 6) is -1.05. The van der Waals surface area contributed by atoms with Crippen molar-refractivity contribution in [2.45, 2.75) is 37.8 Å². The average Bonchev–Trinajstić information content (AvgIpc) is 3.39. The summed E-state index contributed by atoms with van der Waals surface area (Å²) in [6, 6.07) is 11.0. The van der Waals surface area contributed by atoms with Gasteiger partial charge in [-0.2, -0.15) is 10.4 Å². The number of halogens is 3. The molecule has 2 aromatic heterocycles. The molecule has 222 valence electrons. The van der Waals surface area contributed by atoms with Gasteiger partial charge in [0.2, 0.25) is 10.0 Å². The minimum atomic E-state index is -3.43. The third-order valence-corrected chi connectivity index (χ3v) is 9.53. The number of benzene rings is 2. The Bertz CT molecular complexity index is 1960. The number of nitrogens with zero attached hydrogens (tertiary/aromatic N) is 4. The number of aromatic nitrogens is 3. The second-order valence-electron chi connectivity index (χ2n) is 11.2. The van der Waals surface area contributed by atoms with E-state index in [2.05, 4.69) is 9.71 Å². The minimum absolute atomic E-state index is 0.0235. The molecule has 2 aromatic carbocycles. The van der Waals surface area contributed by atoms with E-state index < -0.39 is 33.3 Å². The normalized spacial score (nSPS) is 17.4. The Labute approximate surface area is 258 Å². The number of aryl methyl sites for hydroxylation is 1. The molecule has 2 aliphatic rings. The van der Waals surface area contributed by atoms with Gasteiger partial charge in [-0.3, -0.25) is 9.48 Å². The molecular weight excluding hydrogens is 614 g/mol. The molecule has 0 unspecified atom stereocenters. The van der Waals surface area contributed by atoms with Crippen LogP contribution in [0.3, 0.4) is 0 Å². The minimum Gasteiger partial charge on any atom is -0.352 e. The zero-order valence-corrected chi connectivity index (χ0v) is 25.8. The number of aromatic amines is 1. The van der Waals surface area contributed by atoms with Crippen LogP contribution in [0.2, 0.25) is 10.0 Å². The lowest BCUT2D eigenvalue weighted by Gasteiger charge is -2.33. The quantitative estimate of drug-likeness (QED) is 0.280. The highest BCUT2D eigenvalue weighted by atomic mass is 35.5. The Balaban J connectivity index is 1.34. The number of nitrogens with one attached hydrogen (secondary N) is 2. The lowest BCUT2D eigenvalue weighted by Crippen LogP contribution is -2.39. The molecule has 3 heterocycles. The van der Waals surface area contributed by atoms with Gasteiger partial charge in [-0.25, -0.2) is 17.5 Å². The molecule has 43 heavy (non-hydrogen) atoms. The van der Waals surface area contributed by atoms with Crippen molar-refractivity contribution in [1.29, 1.82) is 5.26 Å². The number of hydrogen-bond acceptors (Lipinski definition) is 5. The van der Waals surface area contributed by atoms with Crippen molar-refractivity contribution >= 4 is 39.1 Å². The van der Waals surface area contributed by atoms with Crippen LogP contribution < -0.4 is 4.72 Å². The number of fused-ring (bicyclic) bond motifs is 1. The van der Waals surface area contributed by atoms with Gasteiger partial charge in [0.25, 0.3) is 5.91 Å². The van der Waals surface area contributed by atoms with Crippen LogP contribution in [0.4, 0.5) is 4.39 Å². The van der Waals surface area contributed by atoms with Crippen LogP contribution in [-0.4, -0.2) is 46.8 Å². The number of H-pyrrole nitrogens is 1. The van der Waals surface area contributed by atoms with Crippen LogP contribution >= 0.6 is 23.2 Å². The van der Waals surface area contributed by atoms with Gasteiger partial charge in [-0.05, 0) is 68.1 Å². The van der Waals surface area contributed by atoms with Crippen LogP contribution in [-0.2, 0) is 29.0 Å². The first-order chi connectivity index (χ1) is 20.3. The summed E-state index contributed by atoms with van der Waals surface area (Å²) in [7, 11) is -1.62. The van der Waals surface area contributed by atoms with Crippen molar-refractivity contribution < 1.29 is 17.6 Å². The largest absolute Gasteiger partial charge is 0.352 e. The van der Waals surface area contributed by atoms with E-state index in [-0.39, 0.29) is 16.3 Å². The van der Waals surface area contributed by atoms with E-state index in [1.165, 1.54) is 6.07 Å². The lowest BCUT2D eigenvalue weighted by molar-refractivity contribution is 0.0673. The number of amides is 1. The van der Waals surface area contributed by atoms with Crippen molar-refractivity contribution in [3.05, 3.63) is 86.5 Å². The zero-order chi connectivity index (χ0) is 30.8. The Morgan fingerprint density at radius 1 is 1.19 bits per heavy atom.